The number of carbonyl (C=O) groups is 2. The van der Waals surface area contributed by atoms with Gasteiger partial charge in [0.1, 0.15) is 12.4 Å². The lowest BCUT2D eigenvalue weighted by Gasteiger charge is -2.12. The second-order valence-corrected chi connectivity index (χ2v) is 10.3. The Kier molecular flexibility index (Phi) is 8.79. The molecule has 9 nitrogen and oxygen atoms in total. The molecular weight excluding hydrogens is 589 g/mol. The maximum absolute atomic E-state index is 12.5. The number of hydrogen-bond acceptors (Lipinski definition) is 6. The molecule has 0 aromatic heterocycles. The molecule has 2 N–H and O–H groups in total. The van der Waals surface area contributed by atoms with Crippen LogP contribution in [-0.4, -0.2) is 27.3 Å². The first-order valence-electron chi connectivity index (χ1n) is 9.64. The van der Waals surface area contributed by atoms with Gasteiger partial charge < -0.3 is 14.8 Å². The molecule has 0 aliphatic rings. The van der Waals surface area contributed by atoms with Crippen molar-refractivity contribution in [1.29, 1.82) is 0 Å². The van der Waals surface area contributed by atoms with E-state index in [2.05, 4.69) is 26.6 Å². The first-order valence-corrected chi connectivity index (χ1v) is 11.6. The highest BCUT2D eigenvalue weighted by Gasteiger charge is 2.22. The normalized spacial score (nSPS) is 10.9. The van der Waals surface area contributed by atoms with Crippen molar-refractivity contribution in [2.75, 3.05) is 17.2 Å². The Balaban J connectivity index is 1.68. The lowest BCUT2D eigenvalue weighted by Crippen LogP contribution is -2.21. The van der Waals surface area contributed by atoms with Gasteiger partial charge >= 0.3 is 11.8 Å². The fraction of sp³-hybridized carbons (Fsp3) is 0.0909. The molecule has 0 bridgehead atoms. The quantitative estimate of drug-likeness (QED) is 0.166. The molecule has 2 amide bonds. The van der Waals surface area contributed by atoms with Crippen LogP contribution in [0.5, 0.6) is 11.5 Å². The summed E-state index contributed by atoms with van der Waals surface area (Å²) >= 11 is 19.9. The van der Waals surface area contributed by atoms with Gasteiger partial charge in [-0.25, -0.2) is 4.79 Å². The van der Waals surface area contributed by atoms with Crippen molar-refractivity contribution in [3.05, 3.63) is 86.9 Å². The highest BCUT2D eigenvalue weighted by molar-refractivity contribution is 9.10. The lowest BCUT2D eigenvalue weighted by atomic mass is 10.1. The van der Waals surface area contributed by atoms with E-state index in [0.29, 0.717) is 11.4 Å². The monoisotopic (exact) mass is 601 g/mol. The van der Waals surface area contributed by atoms with Gasteiger partial charge in [0.05, 0.1) is 4.92 Å². The van der Waals surface area contributed by atoms with Crippen molar-refractivity contribution < 1.29 is 24.0 Å². The molecule has 182 valence electrons. The number of rotatable bonds is 7. The Hall–Kier alpha value is -3.05. The number of nitrogens with one attached hydrogen (secondary N) is 2. The van der Waals surface area contributed by atoms with E-state index in [4.69, 9.17) is 44.3 Å². The van der Waals surface area contributed by atoms with Crippen LogP contribution in [-0.2, 0) is 4.74 Å². The predicted molar refractivity (Wildman–Crippen MR) is 137 cm³/mol. The van der Waals surface area contributed by atoms with Crippen molar-refractivity contribution >= 4 is 79.8 Å². The average molecular weight is 604 g/mol. The minimum Gasteiger partial charge on any atom is -0.450 e. The SMILES string of the molecule is O=C(Nc1ccc(Oc2ccc(C(=O)Nc3ccc(Br)cc3)cc2[N+](=O)[O-])cc1)OCC(Cl)(Cl)Cl. The minimum absolute atomic E-state index is 0.0713. The maximum atomic E-state index is 12.5. The van der Waals surface area contributed by atoms with E-state index in [1.165, 1.54) is 36.4 Å². The van der Waals surface area contributed by atoms with E-state index >= 15 is 0 Å². The second kappa shape index (κ2) is 11.6. The van der Waals surface area contributed by atoms with Gasteiger partial charge in [0.15, 0.2) is 0 Å². The Bertz CT molecular complexity index is 1230. The topological polar surface area (TPSA) is 120 Å². The van der Waals surface area contributed by atoms with Gasteiger partial charge in [0.2, 0.25) is 9.54 Å². The van der Waals surface area contributed by atoms with Crippen molar-refractivity contribution in [1.82, 2.24) is 0 Å². The molecule has 0 heterocycles. The number of ether oxygens (including phenoxy) is 2. The molecule has 0 fully saturated rings. The summed E-state index contributed by atoms with van der Waals surface area (Å²) in [6.45, 7) is -0.439. The first kappa shape index (κ1) is 26.6. The average Bonchev–Trinajstić information content (AvgIpc) is 2.80. The molecule has 0 atom stereocenters. The Morgan fingerprint density at radius 1 is 0.943 bits per heavy atom. The molecule has 13 heteroatoms. The summed E-state index contributed by atoms with van der Waals surface area (Å²) in [5.74, 6) is -0.336. The maximum Gasteiger partial charge on any atom is 0.411 e. The molecule has 0 aliphatic carbocycles. The van der Waals surface area contributed by atoms with Crippen LogP contribution in [0.2, 0.25) is 0 Å². The molecule has 3 aromatic carbocycles. The zero-order valence-electron chi connectivity index (χ0n) is 17.5. The number of nitrogens with zero attached hydrogens (tertiary/aromatic N) is 1. The van der Waals surface area contributed by atoms with Gasteiger partial charge in [-0.15, -0.1) is 0 Å². The molecule has 0 aliphatic heterocycles. The summed E-state index contributed by atoms with van der Waals surface area (Å²) in [6, 6.07) is 16.7. The standard InChI is InChI=1S/C22H15BrCl3N3O6/c23-14-2-4-15(5-3-14)27-20(30)13-1-10-19(18(11-13)29(32)33)35-17-8-6-16(7-9-17)28-21(31)34-12-22(24,25)26/h1-11H,12H2,(H,27,30)(H,28,31). The number of nitro groups is 1. The molecular formula is C22H15BrCl3N3O6. The van der Waals surface area contributed by atoms with Crippen molar-refractivity contribution in [3.63, 3.8) is 0 Å². The number of carbonyl (C=O) groups excluding carboxylic acids is 2. The third-order valence-electron chi connectivity index (χ3n) is 4.22. The highest BCUT2D eigenvalue weighted by atomic mass is 79.9. The number of benzene rings is 3. The third-order valence-corrected chi connectivity index (χ3v) is 5.07. The Labute approximate surface area is 222 Å². The number of amides is 2. The van der Waals surface area contributed by atoms with Gasteiger partial charge in [-0.1, -0.05) is 50.7 Å². The number of alkyl halides is 3. The van der Waals surface area contributed by atoms with E-state index in [9.17, 15) is 19.7 Å². The molecule has 3 aromatic rings. The number of nitro benzene ring substituents is 1. The number of hydrogen-bond donors (Lipinski definition) is 2. The summed E-state index contributed by atoms with van der Waals surface area (Å²) in [5, 5.41) is 16.7. The van der Waals surface area contributed by atoms with Gasteiger partial charge in [0.25, 0.3) is 5.91 Å². The summed E-state index contributed by atoms with van der Waals surface area (Å²) in [4.78, 5) is 35.2. The lowest BCUT2D eigenvalue weighted by molar-refractivity contribution is -0.385. The van der Waals surface area contributed by atoms with Crippen LogP contribution in [0, 0.1) is 10.1 Å². The van der Waals surface area contributed by atoms with Crippen LogP contribution in [0.3, 0.4) is 0 Å². The van der Waals surface area contributed by atoms with Gasteiger partial charge in [-0.3, -0.25) is 20.2 Å². The van der Waals surface area contributed by atoms with Crippen LogP contribution in [0.4, 0.5) is 21.9 Å². The Morgan fingerprint density at radius 3 is 2.14 bits per heavy atom. The van der Waals surface area contributed by atoms with Crippen LogP contribution < -0.4 is 15.4 Å². The molecule has 0 spiro atoms. The molecule has 0 radical (unpaired) electrons. The van der Waals surface area contributed by atoms with E-state index in [1.807, 2.05) is 0 Å². The van der Waals surface area contributed by atoms with Crippen molar-refractivity contribution in [2.45, 2.75) is 3.79 Å². The fourth-order valence-electron chi connectivity index (χ4n) is 2.66. The number of halogens is 4. The van der Waals surface area contributed by atoms with Crippen molar-refractivity contribution in [2.24, 2.45) is 0 Å². The van der Waals surface area contributed by atoms with Crippen LogP contribution >= 0.6 is 50.7 Å². The van der Waals surface area contributed by atoms with E-state index < -0.39 is 33.0 Å². The third kappa shape index (κ3) is 8.29. The zero-order chi connectivity index (χ0) is 25.6. The summed E-state index contributed by atoms with van der Waals surface area (Å²) < 4.78 is 9.49. The van der Waals surface area contributed by atoms with Crippen LogP contribution in [0.15, 0.2) is 71.2 Å². The fourth-order valence-corrected chi connectivity index (χ4v) is 3.09. The van der Waals surface area contributed by atoms with E-state index in [-0.39, 0.29) is 17.1 Å². The first-order chi connectivity index (χ1) is 16.5. The largest absolute Gasteiger partial charge is 0.450 e. The second-order valence-electron chi connectivity index (χ2n) is 6.84. The molecule has 3 rings (SSSR count). The summed E-state index contributed by atoms with van der Waals surface area (Å²) in [5.41, 5.74) is 0.568. The van der Waals surface area contributed by atoms with Gasteiger partial charge in [0, 0.05) is 27.5 Å². The van der Waals surface area contributed by atoms with Gasteiger partial charge in [-0.05, 0) is 60.7 Å². The minimum atomic E-state index is -1.74. The summed E-state index contributed by atoms with van der Waals surface area (Å²) in [7, 11) is 0. The predicted octanol–water partition coefficient (Wildman–Crippen LogP) is 7.32. The zero-order valence-corrected chi connectivity index (χ0v) is 21.3. The van der Waals surface area contributed by atoms with Crippen LogP contribution in [0.1, 0.15) is 10.4 Å². The van der Waals surface area contributed by atoms with Gasteiger partial charge in [-0.2, -0.15) is 0 Å². The Morgan fingerprint density at radius 2 is 1.54 bits per heavy atom. The molecule has 35 heavy (non-hydrogen) atoms. The molecule has 0 saturated carbocycles. The summed E-state index contributed by atoms with van der Waals surface area (Å²) in [6.07, 6.45) is -0.836. The smallest absolute Gasteiger partial charge is 0.411 e. The van der Waals surface area contributed by atoms with E-state index in [1.54, 1.807) is 24.3 Å². The van der Waals surface area contributed by atoms with Crippen LogP contribution in [0.25, 0.3) is 0 Å². The van der Waals surface area contributed by atoms with Crippen molar-refractivity contribution in [3.8, 4) is 11.5 Å². The van der Waals surface area contributed by atoms with E-state index in [0.717, 1.165) is 10.5 Å². The number of anilines is 2. The highest BCUT2D eigenvalue weighted by Crippen LogP contribution is 2.33. The molecule has 0 unspecified atom stereocenters. The molecule has 0 saturated heterocycles.